The van der Waals surface area contributed by atoms with Crippen molar-refractivity contribution in [2.24, 2.45) is 7.05 Å². The first kappa shape index (κ1) is 21.5. The summed E-state index contributed by atoms with van der Waals surface area (Å²) >= 11 is 0. The maximum absolute atomic E-state index is 13.8. The number of benzene rings is 3. The number of fused-ring (bicyclic) bond motifs is 3. The van der Waals surface area contributed by atoms with Crippen LogP contribution in [0.1, 0.15) is 16.7 Å². The molecule has 2 aromatic heterocycles. The lowest BCUT2D eigenvalue weighted by Crippen LogP contribution is -2.40. The second-order valence-corrected chi connectivity index (χ2v) is 8.33. The third kappa shape index (κ3) is 3.53. The van der Waals surface area contributed by atoms with Crippen molar-refractivity contribution in [1.29, 1.82) is 0 Å². The summed E-state index contributed by atoms with van der Waals surface area (Å²) in [6.07, 6.45) is 1.78. The number of aryl methyl sites for hydroxylation is 1. The molecule has 5 aromatic rings. The van der Waals surface area contributed by atoms with E-state index in [4.69, 9.17) is 4.74 Å². The summed E-state index contributed by atoms with van der Waals surface area (Å²) in [6.45, 7) is 4.34. The number of hydrogen-bond acceptors (Lipinski definition) is 3. The number of aromatic nitrogens is 3. The van der Waals surface area contributed by atoms with Gasteiger partial charge >= 0.3 is 5.69 Å². The van der Waals surface area contributed by atoms with E-state index >= 15 is 0 Å². The van der Waals surface area contributed by atoms with Crippen molar-refractivity contribution >= 4 is 28.0 Å². The first-order valence-electron chi connectivity index (χ1n) is 11.1. The fourth-order valence-electron chi connectivity index (χ4n) is 4.50. The molecule has 0 atom stereocenters. The lowest BCUT2D eigenvalue weighted by atomic mass is 10.1. The van der Waals surface area contributed by atoms with Gasteiger partial charge in [-0.15, -0.1) is 0 Å². The van der Waals surface area contributed by atoms with Crippen LogP contribution >= 0.6 is 0 Å². The molecule has 0 amide bonds. The zero-order chi connectivity index (χ0) is 23.8. The second-order valence-electron chi connectivity index (χ2n) is 8.33. The second kappa shape index (κ2) is 8.56. The smallest absolute Gasteiger partial charge is 0.332 e. The van der Waals surface area contributed by atoms with Gasteiger partial charge < -0.3 is 9.30 Å². The van der Waals surface area contributed by atoms with Gasteiger partial charge in [-0.1, -0.05) is 67.3 Å². The summed E-state index contributed by atoms with van der Waals surface area (Å²) in [7, 11) is 3.46. The summed E-state index contributed by atoms with van der Waals surface area (Å²) in [5.74, 6) is 0.669. The first-order valence-corrected chi connectivity index (χ1v) is 11.1. The predicted molar refractivity (Wildman–Crippen MR) is 137 cm³/mol. The van der Waals surface area contributed by atoms with Crippen molar-refractivity contribution in [2.75, 3.05) is 7.11 Å². The van der Waals surface area contributed by atoms with Crippen LogP contribution in [0.2, 0.25) is 0 Å². The highest BCUT2D eigenvalue weighted by atomic mass is 16.5. The minimum Gasteiger partial charge on any atom is -0.497 e. The quantitative estimate of drug-likeness (QED) is 0.384. The molecule has 0 bridgehead atoms. The fraction of sp³-hybridized carbons (Fsp3) is 0.143. The Morgan fingerprint density at radius 2 is 1.53 bits per heavy atom. The van der Waals surface area contributed by atoms with E-state index < -0.39 is 0 Å². The van der Waals surface area contributed by atoms with Crippen LogP contribution in [0.15, 0.2) is 89.0 Å². The molecule has 0 aliphatic carbocycles. The van der Waals surface area contributed by atoms with E-state index in [-0.39, 0.29) is 17.8 Å². The molecule has 5 rings (SSSR count). The highest BCUT2D eigenvalue weighted by molar-refractivity contribution is 6.06. The lowest BCUT2D eigenvalue weighted by molar-refractivity contribution is 0.415. The molecule has 6 heteroatoms. The molecule has 0 aliphatic rings. The average Bonchev–Trinajstić information content (AvgIpc) is 3.17. The van der Waals surface area contributed by atoms with Crippen LogP contribution in [0.25, 0.3) is 28.0 Å². The van der Waals surface area contributed by atoms with Crippen LogP contribution in [-0.4, -0.2) is 20.8 Å². The maximum Gasteiger partial charge on any atom is 0.332 e. The topological polar surface area (TPSA) is 58.2 Å². The van der Waals surface area contributed by atoms with Gasteiger partial charge in [-0.3, -0.25) is 13.9 Å². The Morgan fingerprint density at radius 3 is 2.21 bits per heavy atom. The van der Waals surface area contributed by atoms with Gasteiger partial charge in [0.05, 0.1) is 31.2 Å². The number of hydrogen-bond donors (Lipinski definition) is 0. The van der Waals surface area contributed by atoms with Crippen LogP contribution < -0.4 is 16.0 Å². The number of ether oxygens (including phenoxy) is 1. The van der Waals surface area contributed by atoms with E-state index in [1.807, 2.05) is 84.4 Å². The average molecular weight is 452 g/mol. The van der Waals surface area contributed by atoms with Crippen LogP contribution in [0.5, 0.6) is 5.75 Å². The Hall–Kier alpha value is -4.32. The summed E-state index contributed by atoms with van der Waals surface area (Å²) in [5, 5.41) is 0.806. The number of nitrogens with zero attached hydrogens (tertiary/aromatic N) is 3. The summed E-state index contributed by atoms with van der Waals surface area (Å²) in [5.41, 5.74) is 4.17. The van der Waals surface area contributed by atoms with Crippen LogP contribution in [0.4, 0.5) is 0 Å². The molecule has 0 fully saturated rings. The summed E-state index contributed by atoms with van der Waals surface area (Å²) < 4.78 is 10.3. The van der Waals surface area contributed by atoms with Gasteiger partial charge in [0.2, 0.25) is 0 Å². The predicted octanol–water partition coefficient (Wildman–Crippen LogP) is 4.40. The van der Waals surface area contributed by atoms with E-state index in [1.54, 1.807) is 17.8 Å². The summed E-state index contributed by atoms with van der Waals surface area (Å²) in [6, 6.07) is 23.1. The van der Waals surface area contributed by atoms with Gasteiger partial charge in [0.15, 0.2) is 0 Å². The van der Waals surface area contributed by atoms with Crippen LogP contribution in [-0.2, 0) is 20.1 Å². The van der Waals surface area contributed by atoms with Crippen molar-refractivity contribution in [2.45, 2.75) is 13.1 Å². The van der Waals surface area contributed by atoms with Gasteiger partial charge in [-0.2, -0.15) is 0 Å². The number of methoxy groups -OCH3 is 1. The van der Waals surface area contributed by atoms with Crippen molar-refractivity contribution in [3.8, 4) is 5.75 Å². The highest BCUT2D eigenvalue weighted by Crippen LogP contribution is 2.29. The minimum atomic E-state index is -0.343. The van der Waals surface area contributed by atoms with Gasteiger partial charge in [-0.05, 0) is 34.9 Å². The van der Waals surface area contributed by atoms with Crippen LogP contribution in [0, 0.1) is 0 Å². The highest BCUT2D eigenvalue weighted by Gasteiger charge is 2.21. The van der Waals surface area contributed by atoms with Gasteiger partial charge in [0.1, 0.15) is 11.3 Å². The fourth-order valence-corrected chi connectivity index (χ4v) is 4.50. The molecule has 170 valence electrons. The van der Waals surface area contributed by atoms with E-state index in [0.717, 1.165) is 27.6 Å². The molecule has 0 radical (unpaired) electrons. The molecule has 6 nitrogen and oxygen atoms in total. The van der Waals surface area contributed by atoms with E-state index in [1.165, 1.54) is 4.57 Å². The Labute approximate surface area is 196 Å². The van der Waals surface area contributed by atoms with E-state index in [2.05, 4.69) is 6.58 Å². The zero-order valence-corrected chi connectivity index (χ0v) is 19.2. The molecule has 0 saturated heterocycles. The van der Waals surface area contributed by atoms with E-state index in [9.17, 15) is 9.59 Å². The molecule has 2 heterocycles. The minimum absolute atomic E-state index is 0.203. The lowest BCUT2D eigenvalue weighted by Gasteiger charge is -2.14. The third-order valence-corrected chi connectivity index (χ3v) is 6.30. The Morgan fingerprint density at radius 1 is 0.853 bits per heavy atom. The summed E-state index contributed by atoms with van der Waals surface area (Å²) in [4.78, 5) is 27.5. The molecule has 34 heavy (non-hydrogen) atoms. The molecule has 3 aromatic carbocycles. The van der Waals surface area contributed by atoms with Crippen molar-refractivity contribution in [1.82, 2.24) is 13.7 Å². The van der Waals surface area contributed by atoms with Crippen molar-refractivity contribution in [3.63, 3.8) is 0 Å². The normalized spacial score (nSPS) is 11.2. The molecular weight excluding hydrogens is 426 g/mol. The van der Waals surface area contributed by atoms with Gasteiger partial charge in [-0.25, -0.2) is 4.79 Å². The largest absolute Gasteiger partial charge is 0.497 e. The van der Waals surface area contributed by atoms with Gasteiger partial charge in [0.25, 0.3) is 5.56 Å². The van der Waals surface area contributed by atoms with Crippen LogP contribution in [0.3, 0.4) is 0 Å². The standard InChI is InChI=1S/C28H25N3O3/c1-4-19-10-12-21(13-11-19)17-30-25-23-16-22(34-3)14-15-24(23)29(2)26(25)27(32)31(28(30)33)18-20-8-6-5-7-9-20/h4-16H,1,17-18H2,2-3H3. The molecule has 0 aliphatic heterocycles. The Kier molecular flexibility index (Phi) is 5.42. The first-order chi connectivity index (χ1) is 16.5. The monoisotopic (exact) mass is 451 g/mol. The SMILES string of the molecule is C=Cc1ccc(Cn2c(=O)n(Cc3ccccc3)c(=O)c3c2c2cc(OC)ccc2n3C)cc1. The molecule has 0 unspecified atom stereocenters. The molecular formula is C28H25N3O3. The Balaban J connectivity index is 1.83. The van der Waals surface area contributed by atoms with Crippen molar-refractivity contribution < 1.29 is 4.74 Å². The molecule has 0 saturated carbocycles. The van der Waals surface area contributed by atoms with Crippen molar-refractivity contribution in [3.05, 3.63) is 117 Å². The Bertz CT molecular complexity index is 1640. The molecule has 0 spiro atoms. The van der Waals surface area contributed by atoms with E-state index in [0.29, 0.717) is 23.3 Å². The third-order valence-electron chi connectivity index (χ3n) is 6.30. The molecule has 0 N–H and O–H groups in total. The number of rotatable bonds is 6. The van der Waals surface area contributed by atoms with Gasteiger partial charge in [0, 0.05) is 12.4 Å². The maximum atomic E-state index is 13.8. The zero-order valence-electron chi connectivity index (χ0n) is 19.2.